The van der Waals surface area contributed by atoms with Crippen molar-refractivity contribution in [2.24, 2.45) is 0 Å². The Labute approximate surface area is 70.7 Å². The van der Waals surface area contributed by atoms with Gasteiger partial charge in [0.05, 0.1) is 6.42 Å². The van der Waals surface area contributed by atoms with E-state index in [0.717, 1.165) is 0 Å². The highest BCUT2D eigenvalue weighted by Gasteiger charge is 2.16. The summed E-state index contributed by atoms with van der Waals surface area (Å²) in [6, 6.07) is 0. The molecule has 0 spiro atoms. The van der Waals surface area contributed by atoms with Gasteiger partial charge >= 0.3 is 0 Å². The van der Waals surface area contributed by atoms with Crippen molar-refractivity contribution in [3.8, 4) is 0 Å². The van der Waals surface area contributed by atoms with Crippen LogP contribution < -0.4 is 0 Å². The lowest BCUT2D eigenvalue weighted by Crippen LogP contribution is -2.23. The molecule has 0 N–H and O–H groups in total. The summed E-state index contributed by atoms with van der Waals surface area (Å²) in [7, 11) is 0. The molecule has 0 heterocycles. The van der Waals surface area contributed by atoms with E-state index in [1.165, 1.54) is 0 Å². The second kappa shape index (κ2) is 3.95. The zero-order valence-electron chi connectivity index (χ0n) is 6.86. The van der Waals surface area contributed by atoms with Crippen molar-refractivity contribution in [1.82, 2.24) is 0 Å². The third kappa shape index (κ3) is 7.65. The molecule has 0 saturated heterocycles. The molecule has 0 aliphatic rings. The molecule has 0 atom stereocenters. The Morgan fingerprint density at radius 1 is 1.45 bits per heavy atom. The van der Waals surface area contributed by atoms with Crippen LogP contribution in [0, 0.1) is 0 Å². The molecule has 0 rings (SSSR count). The van der Waals surface area contributed by atoms with E-state index < -0.39 is 18.4 Å². The fraction of sp³-hybridized carbons (Fsp3) is 0.857. The molecule has 0 fully saturated rings. The van der Waals surface area contributed by atoms with E-state index in [2.05, 4.69) is 12.2 Å². The van der Waals surface area contributed by atoms with Gasteiger partial charge in [-0.05, 0) is 33.0 Å². The number of hydrogen-bond donors (Lipinski definition) is 0. The number of ether oxygens (including phenoxy) is 1. The molecule has 0 aliphatic carbocycles. The summed E-state index contributed by atoms with van der Waals surface area (Å²) in [5, 5.41) is -0.0208. The van der Waals surface area contributed by atoms with Crippen LogP contribution >= 0.6 is 12.2 Å². The largest absolute Gasteiger partial charge is 0.481 e. The van der Waals surface area contributed by atoms with E-state index in [-0.39, 0.29) is 5.05 Å². The Balaban J connectivity index is 3.71. The second-order valence-corrected chi connectivity index (χ2v) is 3.64. The maximum Gasteiger partial charge on any atom is 0.246 e. The number of rotatable bonds is 2. The van der Waals surface area contributed by atoms with E-state index in [1.54, 1.807) is 20.8 Å². The summed E-state index contributed by atoms with van der Waals surface area (Å²) in [6.07, 6.45) is -2.86. The first-order valence-electron chi connectivity index (χ1n) is 3.31. The molecule has 4 heteroatoms. The van der Waals surface area contributed by atoms with Gasteiger partial charge in [0.15, 0.2) is 5.05 Å². The van der Waals surface area contributed by atoms with Crippen LogP contribution in [0.4, 0.5) is 8.78 Å². The minimum atomic E-state index is -2.41. The number of thiocarbonyl (C=S) groups is 1. The Bertz CT molecular complexity index is 140. The van der Waals surface area contributed by atoms with Gasteiger partial charge in [-0.25, -0.2) is 8.78 Å². The molecule has 0 aromatic carbocycles. The van der Waals surface area contributed by atoms with E-state index in [9.17, 15) is 8.78 Å². The topological polar surface area (TPSA) is 9.23 Å². The van der Waals surface area contributed by atoms with Crippen LogP contribution in [-0.2, 0) is 4.74 Å². The van der Waals surface area contributed by atoms with Gasteiger partial charge < -0.3 is 4.74 Å². The molecule has 0 aromatic heterocycles. The second-order valence-electron chi connectivity index (χ2n) is 3.18. The average Bonchev–Trinajstić information content (AvgIpc) is 1.53. The Hall–Kier alpha value is -0.250. The fourth-order valence-electron chi connectivity index (χ4n) is 0.509. The number of halogens is 2. The Kier molecular flexibility index (Phi) is 3.86. The quantitative estimate of drug-likeness (QED) is 0.607. The zero-order chi connectivity index (χ0) is 9.07. The summed E-state index contributed by atoms with van der Waals surface area (Å²) in [6.45, 7) is 5.31. The first kappa shape index (κ1) is 10.8. The summed E-state index contributed by atoms with van der Waals surface area (Å²) in [4.78, 5) is 0. The van der Waals surface area contributed by atoms with Crippen LogP contribution in [0.2, 0.25) is 0 Å². The molecule has 1 nitrogen and oxygen atoms in total. The van der Waals surface area contributed by atoms with Gasteiger partial charge in [-0.1, -0.05) is 0 Å². The lowest BCUT2D eigenvalue weighted by atomic mass is 10.2. The van der Waals surface area contributed by atoms with Crippen LogP contribution in [0.3, 0.4) is 0 Å². The molecule has 11 heavy (non-hydrogen) atoms. The van der Waals surface area contributed by atoms with Gasteiger partial charge in [-0.2, -0.15) is 0 Å². The van der Waals surface area contributed by atoms with Crippen molar-refractivity contribution >= 4 is 17.3 Å². The smallest absolute Gasteiger partial charge is 0.246 e. The monoisotopic (exact) mass is 182 g/mol. The van der Waals surface area contributed by atoms with Gasteiger partial charge in [0.1, 0.15) is 5.60 Å². The molecule has 66 valence electrons. The average molecular weight is 182 g/mol. The van der Waals surface area contributed by atoms with Gasteiger partial charge in [0.2, 0.25) is 6.43 Å². The predicted octanol–water partition coefficient (Wildman–Crippen LogP) is 2.78. The SMILES string of the molecule is CC(C)(C)OC(=S)CC(F)F. The third-order valence-electron chi connectivity index (χ3n) is 0.741. The van der Waals surface area contributed by atoms with Crippen molar-refractivity contribution < 1.29 is 13.5 Å². The maximum atomic E-state index is 11.7. The summed E-state index contributed by atoms with van der Waals surface area (Å²) in [5.41, 5.74) is -0.466. The normalized spacial score (nSPS) is 11.8. The molecule has 0 saturated carbocycles. The van der Waals surface area contributed by atoms with E-state index >= 15 is 0 Å². The van der Waals surface area contributed by atoms with E-state index in [4.69, 9.17) is 4.74 Å². The highest BCUT2D eigenvalue weighted by Crippen LogP contribution is 2.11. The number of alkyl halides is 2. The highest BCUT2D eigenvalue weighted by molar-refractivity contribution is 7.80. The third-order valence-corrected chi connectivity index (χ3v) is 0.991. The molecule has 0 aromatic rings. The van der Waals surface area contributed by atoms with Crippen molar-refractivity contribution in [1.29, 1.82) is 0 Å². The molecular formula is C7H12F2OS. The Morgan fingerprint density at radius 3 is 2.18 bits per heavy atom. The molecule has 0 radical (unpaired) electrons. The minimum Gasteiger partial charge on any atom is -0.481 e. The van der Waals surface area contributed by atoms with Crippen molar-refractivity contribution in [3.05, 3.63) is 0 Å². The van der Waals surface area contributed by atoms with Crippen molar-refractivity contribution in [2.45, 2.75) is 39.2 Å². The van der Waals surface area contributed by atoms with Crippen molar-refractivity contribution in [2.75, 3.05) is 0 Å². The van der Waals surface area contributed by atoms with Crippen LogP contribution in [0.25, 0.3) is 0 Å². The fourth-order valence-corrected chi connectivity index (χ4v) is 0.885. The standard InChI is InChI=1S/C7H12F2OS/c1-7(2,3)10-6(11)4-5(8)9/h5H,4H2,1-3H3. The van der Waals surface area contributed by atoms with Crippen LogP contribution in [-0.4, -0.2) is 17.1 Å². The first-order chi connectivity index (χ1) is 4.81. The molecule has 0 unspecified atom stereocenters. The Morgan fingerprint density at radius 2 is 1.91 bits per heavy atom. The van der Waals surface area contributed by atoms with Gasteiger partial charge in [0, 0.05) is 0 Å². The van der Waals surface area contributed by atoms with Crippen molar-refractivity contribution in [3.63, 3.8) is 0 Å². The van der Waals surface area contributed by atoms with E-state index in [1.807, 2.05) is 0 Å². The van der Waals surface area contributed by atoms with Crippen LogP contribution in [0.5, 0.6) is 0 Å². The van der Waals surface area contributed by atoms with E-state index in [0.29, 0.717) is 0 Å². The lowest BCUT2D eigenvalue weighted by molar-refractivity contribution is 0.0979. The number of hydrogen-bond acceptors (Lipinski definition) is 2. The molecule has 0 amide bonds. The summed E-state index contributed by atoms with van der Waals surface area (Å²) < 4.78 is 28.4. The first-order valence-corrected chi connectivity index (χ1v) is 3.72. The van der Waals surface area contributed by atoms with Gasteiger partial charge in [-0.15, -0.1) is 0 Å². The predicted molar refractivity (Wildman–Crippen MR) is 44.1 cm³/mol. The van der Waals surface area contributed by atoms with Gasteiger partial charge in [0.25, 0.3) is 0 Å². The zero-order valence-corrected chi connectivity index (χ0v) is 7.67. The molecule has 0 aliphatic heterocycles. The van der Waals surface area contributed by atoms with Gasteiger partial charge in [-0.3, -0.25) is 0 Å². The lowest BCUT2D eigenvalue weighted by Gasteiger charge is -2.21. The summed E-state index contributed by atoms with van der Waals surface area (Å²) in [5.74, 6) is 0. The highest BCUT2D eigenvalue weighted by atomic mass is 32.1. The van der Waals surface area contributed by atoms with Crippen LogP contribution in [0.1, 0.15) is 27.2 Å². The van der Waals surface area contributed by atoms with Crippen LogP contribution in [0.15, 0.2) is 0 Å². The molecule has 0 bridgehead atoms. The minimum absolute atomic E-state index is 0.0208. The summed E-state index contributed by atoms with van der Waals surface area (Å²) >= 11 is 4.58. The maximum absolute atomic E-state index is 11.7. The molecular weight excluding hydrogens is 170 g/mol.